The second-order valence-corrected chi connectivity index (χ2v) is 5.91. The summed E-state index contributed by atoms with van der Waals surface area (Å²) in [7, 11) is 3.26. The van der Waals surface area contributed by atoms with Crippen LogP contribution in [0.4, 0.5) is 24.9 Å². The minimum Gasteiger partial charge on any atom is -0.363 e. The van der Waals surface area contributed by atoms with Gasteiger partial charge in [-0.2, -0.15) is 18.2 Å². The van der Waals surface area contributed by atoms with Crippen LogP contribution in [0.2, 0.25) is 0 Å². The van der Waals surface area contributed by atoms with Crippen molar-refractivity contribution >= 4 is 23.5 Å². The number of hydrogen-bond acceptors (Lipinski definition) is 5. The summed E-state index contributed by atoms with van der Waals surface area (Å²) >= 11 is 1.63. The van der Waals surface area contributed by atoms with Crippen molar-refractivity contribution < 1.29 is 13.2 Å². The van der Waals surface area contributed by atoms with Crippen LogP contribution in [0.15, 0.2) is 35.2 Å². The third kappa shape index (κ3) is 4.75. The summed E-state index contributed by atoms with van der Waals surface area (Å²) in [5.41, 5.74) is -0.0216. The summed E-state index contributed by atoms with van der Waals surface area (Å²) in [4.78, 5) is 10.3. The van der Waals surface area contributed by atoms with Crippen LogP contribution in [-0.4, -0.2) is 30.3 Å². The highest BCUT2D eigenvalue weighted by molar-refractivity contribution is 7.98. The molecule has 0 aliphatic carbocycles. The molecule has 1 aromatic carbocycles. The fourth-order valence-corrected chi connectivity index (χ4v) is 2.22. The average Bonchev–Trinajstić information content (AvgIpc) is 2.52. The molecule has 2 rings (SSSR count). The zero-order valence-electron chi connectivity index (χ0n) is 13.0. The van der Waals surface area contributed by atoms with E-state index in [9.17, 15) is 13.2 Å². The van der Waals surface area contributed by atoms with Crippen molar-refractivity contribution in [3.8, 4) is 0 Å². The zero-order chi connectivity index (χ0) is 17.0. The van der Waals surface area contributed by atoms with Crippen molar-refractivity contribution in [3.63, 3.8) is 0 Å². The summed E-state index contributed by atoms with van der Waals surface area (Å²) in [6.45, 7) is 0.350. The van der Waals surface area contributed by atoms with Crippen LogP contribution in [0, 0.1) is 0 Å². The van der Waals surface area contributed by atoms with Crippen molar-refractivity contribution in [2.24, 2.45) is 0 Å². The Kier molecular flexibility index (Phi) is 5.35. The first-order valence-corrected chi connectivity index (χ1v) is 8.02. The first-order valence-electron chi connectivity index (χ1n) is 6.80. The predicted octanol–water partition coefficient (Wildman–Crippen LogP) is 3.90. The largest absolute Gasteiger partial charge is 0.433 e. The highest BCUT2D eigenvalue weighted by atomic mass is 32.2. The van der Waals surface area contributed by atoms with Gasteiger partial charge >= 0.3 is 6.18 Å². The van der Waals surface area contributed by atoms with E-state index in [0.717, 1.165) is 16.5 Å². The topological polar surface area (TPSA) is 41.1 Å². The number of anilines is 2. The Morgan fingerprint density at radius 2 is 1.78 bits per heavy atom. The second-order valence-electron chi connectivity index (χ2n) is 5.03. The van der Waals surface area contributed by atoms with E-state index in [-0.39, 0.29) is 11.8 Å². The number of aromatic nitrogens is 2. The molecule has 0 bridgehead atoms. The molecule has 23 heavy (non-hydrogen) atoms. The number of rotatable bonds is 5. The molecule has 0 amide bonds. The van der Waals surface area contributed by atoms with E-state index in [1.165, 1.54) is 4.90 Å². The molecule has 0 atom stereocenters. The van der Waals surface area contributed by atoms with Crippen LogP contribution in [0.5, 0.6) is 0 Å². The summed E-state index contributed by atoms with van der Waals surface area (Å²) in [6.07, 6.45) is -2.53. The van der Waals surface area contributed by atoms with Gasteiger partial charge in [0.05, 0.1) is 0 Å². The molecule has 1 aromatic heterocycles. The van der Waals surface area contributed by atoms with Crippen molar-refractivity contribution in [1.29, 1.82) is 0 Å². The number of thioether (sulfide) groups is 1. The van der Waals surface area contributed by atoms with Crippen LogP contribution >= 0.6 is 11.8 Å². The lowest BCUT2D eigenvalue weighted by molar-refractivity contribution is -0.141. The molecular weight excluding hydrogens is 325 g/mol. The van der Waals surface area contributed by atoms with Crippen molar-refractivity contribution in [1.82, 2.24) is 9.97 Å². The van der Waals surface area contributed by atoms with Crippen molar-refractivity contribution in [2.45, 2.75) is 17.6 Å². The van der Waals surface area contributed by atoms with Gasteiger partial charge in [-0.25, -0.2) is 4.98 Å². The smallest absolute Gasteiger partial charge is 0.363 e. The lowest BCUT2D eigenvalue weighted by Gasteiger charge is -2.16. The molecule has 0 aliphatic rings. The molecule has 0 unspecified atom stereocenters. The number of nitrogens with zero attached hydrogens (tertiary/aromatic N) is 3. The summed E-state index contributed by atoms with van der Waals surface area (Å²) in [5, 5.41) is 2.85. The fourth-order valence-electron chi connectivity index (χ4n) is 1.81. The van der Waals surface area contributed by atoms with Crippen LogP contribution in [-0.2, 0) is 12.7 Å². The minimum absolute atomic E-state index is 0.0440. The van der Waals surface area contributed by atoms with E-state index in [2.05, 4.69) is 15.3 Å². The molecule has 0 spiro atoms. The molecule has 124 valence electrons. The summed E-state index contributed by atoms with van der Waals surface area (Å²) in [6, 6.07) is 8.68. The third-order valence-electron chi connectivity index (χ3n) is 3.07. The molecule has 0 saturated heterocycles. The molecule has 2 aromatic rings. The Morgan fingerprint density at radius 1 is 1.13 bits per heavy atom. The number of halogens is 3. The highest BCUT2D eigenvalue weighted by Crippen LogP contribution is 2.30. The van der Waals surface area contributed by atoms with Gasteiger partial charge in [0.15, 0.2) is 5.69 Å². The van der Waals surface area contributed by atoms with Gasteiger partial charge in [0.1, 0.15) is 5.82 Å². The Hall–Kier alpha value is -1.96. The molecular formula is C15H17F3N4S. The van der Waals surface area contributed by atoms with Gasteiger partial charge < -0.3 is 10.2 Å². The normalized spacial score (nSPS) is 11.4. The quantitative estimate of drug-likeness (QED) is 0.835. The van der Waals surface area contributed by atoms with Crippen LogP contribution in [0.3, 0.4) is 0 Å². The molecule has 0 aliphatic heterocycles. The molecule has 0 radical (unpaired) electrons. The first-order chi connectivity index (χ1) is 10.8. The first kappa shape index (κ1) is 17.4. The van der Waals surface area contributed by atoms with Gasteiger partial charge in [-0.3, -0.25) is 0 Å². The average molecular weight is 342 g/mol. The number of nitrogens with one attached hydrogen (secondary N) is 1. The Bertz CT molecular complexity index is 657. The van der Waals surface area contributed by atoms with Crippen LogP contribution in [0.1, 0.15) is 11.3 Å². The second kappa shape index (κ2) is 7.08. The van der Waals surface area contributed by atoms with E-state index in [1.807, 2.05) is 30.5 Å². The van der Waals surface area contributed by atoms with E-state index in [0.29, 0.717) is 6.54 Å². The van der Waals surface area contributed by atoms with Gasteiger partial charge in [0.25, 0.3) is 0 Å². The Morgan fingerprint density at radius 3 is 2.30 bits per heavy atom. The zero-order valence-corrected chi connectivity index (χ0v) is 13.8. The maximum atomic E-state index is 12.9. The molecule has 1 heterocycles. The molecule has 1 N–H and O–H groups in total. The number of benzene rings is 1. The van der Waals surface area contributed by atoms with Gasteiger partial charge in [-0.15, -0.1) is 11.8 Å². The molecule has 8 heteroatoms. The predicted molar refractivity (Wildman–Crippen MR) is 86.9 cm³/mol. The standard InChI is InChI=1S/C15H17F3N4S/c1-22(2)13-8-12(15(16,17)18)20-14(21-13)19-9-10-4-6-11(23-3)7-5-10/h4-8H,9H2,1-3H3,(H,19,20,21). The Balaban J connectivity index is 2.19. The van der Waals surface area contributed by atoms with Gasteiger partial charge in [0.2, 0.25) is 5.95 Å². The van der Waals surface area contributed by atoms with Gasteiger partial charge in [-0.1, -0.05) is 12.1 Å². The van der Waals surface area contributed by atoms with E-state index >= 15 is 0 Å². The third-order valence-corrected chi connectivity index (χ3v) is 3.81. The van der Waals surface area contributed by atoms with Crippen LogP contribution < -0.4 is 10.2 Å². The number of alkyl halides is 3. The van der Waals surface area contributed by atoms with E-state index in [1.54, 1.807) is 25.9 Å². The van der Waals surface area contributed by atoms with E-state index in [4.69, 9.17) is 0 Å². The summed E-state index contributed by atoms with van der Waals surface area (Å²) in [5.74, 6) is 0.157. The van der Waals surface area contributed by atoms with Crippen LogP contribution in [0.25, 0.3) is 0 Å². The number of hydrogen-bond donors (Lipinski definition) is 1. The summed E-state index contributed by atoms with van der Waals surface area (Å²) < 4.78 is 38.8. The minimum atomic E-state index is -4.51. The van der Waals surface area contributed by atoms with Crippen molar-refractivity contribution in [3.05, 3.63) is 41.6 Å². The molecule has 0 fully saturated rings. The Labute approximate surface area is 137 Å². The van der Waals surface area contributed by atoms with E-state index < -0.39 is 11.9 Å². The van der Waals surface area contributed by atoms with Gasteiger partial charge in [0, 0.05) is 31.6 Å². The molecule has 0 saturated carbocycles. The monoisotopic (exact) mass is 342 g/mol. The lowest BCUT2D eigenvalue weighted by atomic mass is 10.2. The lowest BCUT2D eigenvalue weighted by Crippen LogP contribution is -2.17. The molecule has 4 nitrogen and oxygen atoms in total. The maximum Gasteiger partial charge on any atom is 0.433 e. The maximum absolute atomic E-state index is 12.9. The fraction of sp³-hybridized carbons (Fsp3) is 0.333. The van der Waals surface area contributed by atoms with Crippen molar-refractivity contribution in [2.75, 3.05) is 30.6 Å². The highest BCUT2D eigenvalue weighted by Gasteiger charge is 2.33. The SMILES string of the molecule is CSc1ccc(CNc2nc(N(C)C)cc(C(F)(F)F)n2)cc1. The van der Waals surface area contributed by atoms with Gasteiger partial charge in [-0.05, 0) is 24.0 Å².